The molecular formula is C12H23NO2S. The lowest BCUT2D eigenvalue weighted by atomic mass is 9.97. The molecule has 0 radical (unpaired) electrons. The van der Waals surface area contributed by atoms with Crippen LogP contribution in [0.25, 0.3) is 0 Å². The summed E-state index contributed by atoms with van der Waals surface area (Å²) in [5.41, 5.74) is 0. The lowest BCUT2D eigenvalue weighted by Gasteiger charge is -2.33. The fourth-order valence-corrected chi connectivity index (χ4v) is 2.19. The second-order valence-corrected chi connectivity index (χ2v) is 5.47. The van der Waals surface area contributed by atoms with E-state index in [1.165, 1.54) is 0 Å². The quantitative estimate of drug-likeness (QED) is 0.766. The molecule has 1 aliphatic heterocycles. The molecule has 3 nitrogen and oxygen atoms in total. The van der Waals surface area contributed by atoms with E-state index in [1.54, 1.807) is 7.11 Å². The summed E-state index contributed by atoms with van der Waals surface area (Å²) in [6, 6.07) is 0. The number of hydrogen-bond acceptors (Lipinski definition) is 3. The summed E-state index contributed by atoms with van der Waals surface area (Å²) in [7, 11) is 1.74. The van der Waals surface area contributed by atoms with Crippen LogP contribution in [0.1, 0.15) is 26.7 Å². The van der Waals surface area contributed by atoms with Crippen LogP contribution in [-0.4, -0.2) is 42.9 Å². The molecule has 1 aliphatic rings. The van der Waals surface area contributed by atoms with E-state index in [0.29, 0.717) is 11.8 Å². The molecule has 1 fully saturated rings. The van der Waals surface area contributed by atoms with Crippen LogP contribution in [0, 0.1) is 11.8 Å². The van der Waals surface area contributed by atoms with Gasteiger partial charge in [-0.1, -0.05) is 13.8 Å². The van der Waals surface area contributed by atoms with Crippen LogP contribution in [0.15, 0.2) is 0 Å². The van der Waals surface area contributed by atoms with Gasteiger partial charge >= 0.3 is 0 Å². The molecule has 0 N–H and O–H groups in total. The van der Waals surface area contributed by atoms with Gasteiger partial charge in [0.2, 0.25) is 5.91 Å². The van der Waals surface area contributed by atoms with E-state index in [1.807, 2.05) is 18.7 Å². The Morgan fingerprint density at radius 3 is 2.44 bits per heavy atom. The van der Waals surface area contributed by atoms with Gasteiger partial charge in [0.1, 0.15) is 0 Å². The Morgan fingerprint density at radius 2 is 2.00 bits per heavy atom. The molecule has 4 heteroatoms. The van der Waals surface area contributed by atoms with Crippen molar-refractivity contribution in [1.29, 1.82) is 0 Å². The Labute approximate surface area is 104 Å². The van der Waals surface area contributed by atoms with Gasteiger partial charge in [-0.05, 0) is 24.7 Å². The molecule has 0 saturated carbocycles. The van der Waals surface area contributed by atoms with E-state index in [0.717, 1.165) is 32.5 Å². The van der Waals surface area contributed by atoms with Crippen molar-refractivity contribution in [2.24, 2.45) is 11.8 Å². The minimum atomic E-state index is -0.154. The Hall–Kier alpha value is -0.220. The molecule has 1 unspecified atom stereocenters. The molecule has 0 bridgehead atoms. The Balaban J connectivity index is 2.38. The third kappa shape index (κ3) is 3.67. The molecule has 1 atom stereocenters. The van der Waals surface area contributed by atoms with Gasteiger partial charge in [0.05, 0.1) is 5.25 Å². The SMILES string of the molecule is COCC1CCN(C(=O)C(S)C(C)C)CC1. The number of hydrogen-bond donors (Lipinski definition) is 1. The number of likely N-dealkylation sites (tertiary alicyclic amines) is 1. The maximum absolute atomic E-state index is 12.0. The van der Waals surface area contributed by atoms with Gasteiger partial charge in [0, 0.05) is 26.8 Å². The molecule has 0 aromatic rings. The fraction of sp³-hybridized carbons (Fsp3) is 0.917. The van der Waals surface area contributed by atoms with Crippen LogP contribution in [-0.2, 0) is 9.53 Å². The van der Waals surface area contributed by atoms with Crippen molar-refractivity contribution in [3.8, 4) is 0 Å². The highest BCUT2D eigenvalue weighted by molar-refractivity contribution is 7.81. The summed E-state index contributed by atoms with van der Waals surface area (Å²) in [5.74, 6) is 1.10. The number of nitrogens with zero attached hydrogens (tertiary/aromatic N) is 1. The molecule has 1 saturated heterocycles. The van der Waals surface area contributed by atoms with Gasteiger partial charge in [-0.15, -0.1) is 0 Å². The molecule has 1 heterocycles. The van der Waals surface area contributed by atoms with Crippen molar-refractivity contribution in [3.63, 3.8) is 0 Å². The number of carbonyl (C=O) groups excluding carboxylic acids is 1. The minimum Gasteiger partial charge on any atom is -0.384 e. The second kappa shape index (κ2) is 6.50. The van der Waals surface area contributed by atoms with Crippen LogP contribution in [0.4, 0.5) is 0 Å². The smallest absolute Gasteiger partial charge is 0.235 e. The van der Waals surface area contributed by atoms with E-state index in [-0.39, 0.29) is 11.2 Å². The van der Waals surface area contributed by atoms with E-state index in [2.05, 4.69) is 12.6 Å². The first kappa shape index (κ1) is 13.8. The number of carbonyl (C=O) groups is 1. The predicted molar refractivity (Wildman–Crippen MR) is 68.8 cm³/mol. The zero-order valence-corrected chi connectivity index (χ0v) is 11.4. The van der Waals surface area contributed by atoms with Crippen molar-refractivity contribution < 1.29 is 9.53 Å². The van der Waals surface area contributed by atoms with Crippen molar-refractivity contribution in [2.45, 2.75) is 31.9 Å². The maximum Gasteiger partial charge on any atom is 0.235 e. The Bertz CT molecular complexity index is 225. The molecule has 16 heavy (non-hydrogen) atoms. The molecule has 0 aromatic carbocycles. The van der Waals surface area contributed by atoms with E-state index < -0.39 is 0 Å². The molecule has 0 spiro atoms. The summed E-state index contributed by atoms with van der Waals surface area (Å²) in [4.78, 5) is 14.0. The number of thiol groups is 1. The van der Waals surface area contributed by atoms with Crippen molar-refractivity contribution in [2.75, 3.05) is 26.8 Å². The molecular weight excluding hydrogens is 222 g/mol. The fourth-order valence-electron chi connectivity index (χ4n) is 2.03. The van der Waals surface area contributed by atoms with Gasteiger partial charge in [-0.25, -0.2) is 0 Å². The maximum atomic E-state index is 12.0. The molecule has 0 aromatic heterocycles. The zero-order chi connectivity index (χ0) is 12.1. The van der Waals surface area contributed by atoms with Gasteiger partial charge in [0.25, 0.3) is 0 Å². The Kier molecular flexibility index (Phi) is 5.62. The predicted octanol–water partition coefficient (Wildman–Crippen LogP) is 1.83. The van der Waals surface area contributed by atoms with Gasteiger partial charge in [-0.2, -0.15) is 12.6 Å². The lowest BCUT2D eigenvalue weighted by Crippen LogP contribution is -2.44. The standard InChI is InChI=1S/C12H23NO2S/c1-9(2)11(16)12(14)13-6-4-10(5-7-13)8-15-3/h9-11,16H,4-8H2,1-3H3. The average Bonchev–Trinajstić information content (AvgIpc) is 2.28. The average molecular weight is 245 g/mol. The summed E-state index contributed by atoms with van der Waals surface area (Å²) < 4.78 is 5.14. The second-order valence-electron chi connectivity index (χ2n) is 4.91. The summed E-state index contributed by atoms with van der Waals surface area (Å²) in [6.45, 7) is 6.60. The van der Waals surface area contributed by atoms with Crippen LogP contribution >= 0.6 is 12.6 Å². The van der Waals surface area contributed by atoms with Crippen molar-refractivity contribution >= 4 is 18.5 Å². The molecule has 94 valence electrons. The number of amides is 1. The first-order valence-corrected chi connectivity index (χ1v) is 6.53. The van der Waals surface area contributed by atoms with Crippen molar-refractivity contribution in [3.05, 3.63) is 0 Å². The third-order valence-electron chi connectivity index (χ3n) is 3.21. The first-order valence-electron chi connectivity index (χ1n) is 6.02. The summed E-state index contributed by atoms with van der Waals surface area (Å²) >= 11 is 4.38. The van der Waals surface area contributed by atoms with Crippen LogP contribution in [0.5, 0.6) is 0 Å². The highest BCUT2D eigenvalue weighted by Gasteiger charge is 2.27. The zero-order valence-electron chi connectivity index (χ0n) is 10.5. The minimum absolute atomic E-state index is 0.154. The monoisotopic (exact) mass is 245 g/mol. The van der Waals surface area contributed by atoms with Crippen LogP contribution in [0.2, 0.25) is 0 Å². The van der Waals surface area contributed by atoms with Crippen LogP contribution < -0.4 is 0 Å². The van der Waals surface area contributed by atoms with Gasteiger partial charge in [0.15, 0.2) is 0 Å². The Morgan fingerprint density at radius 1 is 1.44 bits per heavy atom. The van der Waals surface area contributed by atoms with Gasteiger partial charge < -0.3 is 9.64 Å². The lowest BCUT2D eigenvalue weighted by molar-refractivity contribution is -0.132. The van der Waals surface area contributed by atoms with Crippen LogP contribution in [0.3, 0.4) is 0 Å². The number of methoxy groups -OCH3 is 1. The third-order valence-corrected chi connectivity index (χ3v) is 4.03. The molecule has 1 rings (SSSR count). The highest BCUT2D eigenvalue weighted by atomic mass is 32.1. The van der Waals surface area contributed by atoms with E-state index in [9.17, 15) is 4.79 Å². The van der Waals surface area contributed by atoms with Gasteiger partial charge in [-0.3, -0.25) is 4.79 Å². The normalized spacial score (nSPS) is 20.2. The molecule has 1 amide bonds. The number of ether oxygens (including phenoxy) is 1. The van der Waals surface area contributed by atoms with E-state index in [4.69, 9.17) is 4.74 Å². The molecule has 0 aliphatic carbocycles. The highest BCUT2D eigenvalue weighted by Crippen LogP contribution is 2.20. The van der Waals surface area contributed by atoms with Crippen molar-refractivity contribution in [1.82, 2.24) is 4.90 Å². The van der Waals surface area contributed by atoms with E-state index >= 15 is 0 Å². The summed E-state index contributed by atoms with van der Waals surface area (Å²) in [6.07, 6.45) is 2.11. The largest absolute Gasteiger partial charge is 0.384 e. The number of rotatable bonds is 4. The topological polar surface area (TPSA) is 29.5 Å². The summed E-state index contributed by atoms with van der Waals surface area (Å²) in [5, 5.41) is -0.154. The first-order chi connectivity index (χ1) is 7.56. The number of piperidine rings is 1.